The van der Waals surface area contributed by atoms with Gasteiger partial charge in [-0.05, 0) is 18.1 Å². The fraction of sp³-hybridized carbons (Fsp3) is 0.308. The molecular weight excluding hydrogens is 350 g/mol. The Bertz CT molecular complexity index is 625. The largest absolute Gasteiger partial charge is 0.335 e. The number of imide groups is 2. The lowest BCUT2D eigenvalue weighted by Crippen LogP contribution is -2.59. The molecule has 1 unspecified atom stereocenters. The van der Waals surface area contributed by atoms with Crippen LogP contribution < -0.4 is 10.2 Å². The van der Waals surface area contributed by atoms with Crippen LogP contribution >= 0.6 is 15.9 Å². The average molecular weight is 361 g/mol. The molecule has 0 aliphatic carbocycles. The summed E-state index contributed by atoms with van der Waals surface area (Å²) >= 11 is 2.91. The Morgan fingerprint density at radius 3 is 2.19 bits per heavy atom. The molecule has 1 aliphatic rings. The second-order valence-electron chi connectivity index (χ2n) is 4.91. The predicted molar refractivity (Wildman–Crippen MR) is 73.4 cm³/mol. The van der Waals surface area contributed by atoms with Gasteiger partial charge in [-0.25, -0.2) is 18.5 Å². The number of urea groups is 1. The van der Waals surface area contributed by atoms with Crippen LogP contribution in [-0.2, 0) is 9.59 Å². The Morgan fingerprint density at radius 2 is 1.71 bits per heavy atom. The number of rotatable bonds is 2. The SMILES string of the molecule is CC(C)C1C(=O)NC(=O)N(c2c(F)cc(Br)cc2F)C1=O. The first kappa shape index (κ1) is 15.6. The number of halogens is 3. The summed E-state index contributed by atoms with van der Waals surface area (Å²) in [5, 5.41) is 1.94. The second kappa shape index (κ2) is 5.51. The second-order valence-corrected chi connectivity index (χ2v) is 5.82. The Balaban J connectivity index is 2.55. The van der Waals surface area contributed by atoms with E-state index in [1.807, 2.05) is 5.32 Å². The van der Waals surface area contributed by atoms with E-state index in [4.69, 9.17) is 0 Å². The van der Waals surface area contributed by atoms with Crippen molar-refractivity contribution >= 4 is 39.5 Å². The molecule has 0 spiro atoms. The van der Waals surface area contributed by atoms with Crippen molar-refractivity contribution in [3.8, 4) is 0 Å². The highest BCUT2D eigenvalue weighted by Gasteiger charge is 2.44. The standard InChI is InChI=1S/C13H11BrF2N2O3/c1-5(2)9-11(19)17-13(21)18(12(9)20)10-7(15)3-6(14)4-8(10)16/h3-5,9H,1-2H3,(H,17,19,21). The normalized spacial score (nSPS) is 19.2. The summed E-state index contributed by atoms with van der Waals surface area (Å²) in [6.45, 7) is 3.20. The van der Waals surface area contributed by atoms with E-state index >= 15 is 0 Å². The van der Waals surface area contributed by atoms with Crippen molar-refractivity contribution in [1.82, 2.24) is 5.32 Å². The van der Waals surface area contributed by atoms with Crippen molar-refractivity contribution in [2.24, 2.45) is 11.8 Å². The highest BCUT2D eigenvalue weighted by atomic mass is 79.9. The number of carbonyl (C=O) groups excluding carboxylic acids is 3. The first-order valence-corrected chi connectivity index (χ1v) is 6.86. The third-order valence-electron chi connectivity index (χ3n) is 3.07. The zero-order valence-electron chi connectivity index (χ0n) is 11.1. The molecule has 0 saturated carbocycles. The van der Waals surface area contributed by atoms with E-state index in [9.17, 15) is 23.2 Å². The molecular formula is C13H11BrF2N2O3. The van der Waals surface area contributed by atoms with Crippen LogP contribution in [-0.4, -0.2) is 17.8 Å². The molecule has 4 amide bonds. The van der Waals surface area contributed by atoms with Crippen molar-refractivity contribution < 1.29 is 23.2 Å². The van der Waals surface area contributed by atoms with Crippen LogP contribution in [0.15, 0.2) is 16.6 Å². The maximum atomic E-state index is 13.9. The number of hydrogen-bond donors (Lipinski definition) is 1. The van der Waals surface area contributed by atoms with E-state index in [1.54, 1.807) is 13.8 Å². The van der Waals surface area contributed by atoms with E-state index in [-0.39, 0.29) is 4.47 Å². The van der Waals surface area contributed by atoms with Crippen LogP contribution in [0.2, 0.25) is 0 Å². The monoisotopic (exact) mass is 360 g/mol. The highest BCUT2D eigenvalue weighted by molar-refractivity contribution is 9.10. The summed E-state index contributed by atoms with van der Waals surface area (Å²) in [5.41, 5.74) is -0.793. The summed E-state index contributed by atoms with van der Waals surface area (Å²) < 4.78 is 28.0. The summed E-state index contributed by atoms with van der Waals surface area (Å²) in [4.78, 5) is 36.1. The summed E-state index contributed by atoms with van der Waals surface area (Å²) in [6.07, 6.45) is 0. The van der Waals surface area contributed by atoms with Crippen molar-refractivity contribution in [3.63, 3.8) is 0 Å². The molecule has 1 saturated heterocycles. The van der Waals surface area contributed by atoms with Gasteiger partial charge in [-0.3, -0.25) is 14.9 Å². The van der Waals surface area contributed by atoms with Crippen molar-refractivity contribution in [2.75, 3.05) is 4.90 Å². The van der Waals surface area contributed by atoms with Gasteiger partial charge in [-0.1, -0.05) is 29.8 Å². The number of hydrogen-bond acceptors (Lipinski definition) is 3. The molecule has 1 aromatic rings. The number of carbonyl (C=O) groups is 3. The molecule has 8 heteroatoms. The molecule has 1 atom stereocenters. The number of nitrogens with zero attached hydrogens (tertiary/aromatic N) is 1. The molecule has 21 heavy (non-hydrogen) atoms. The number of amides is 4. The van der Waals surface area contributed by atoms with Crippen molar-refractivity contribution in [3.05, 3.63) is 28.2 Å². The van der Waals surface area contributed by atoms with Gasteiger partial charge in [0.05, 0.1) is 0 Å². The Kier molecular flexibility index (Phi) is 4.08. The molecule has 1 heterocycles. The molecule has 1 aliphatic heterocycles. The highest BCUT2D eigenvalue weighted by Crippen LogP contribution is 2.31. The smallest absolute Gasteiger partial charge is 0.277 e. The summed E-state index contributed by atoms with van der Waals surface area (Å²) in [6, 6.07) is 0.696. The first-order valence-electron chi connectivity index (χ1n) is 6.07. The summed E-state index contributed by atoms with van der Waals surface area (Å²) in [5.74, 6) is -5.47. The number of nitrogens with one attached hydrogen (secondary N) is 1. The molecule has 112 valence electrons. The minimum Gasteiger partial charge on any atom is -0.277 e. The third-order valence-corrected chi connectivity index (χ3v) is 3.53. The minimum absolute atomic E-state index is 0.127. The Labute approximate surface area is 127 Å². The van der Waals surface area contributed by atoms with E-state index in [0.717, 1.165) is 12.1 Å². The van der Waals surface area contributed by atoms with Crippen LogP contribution in [0.25, 0.3) is 0 Å². The lowest BCUT2D eigenvalue weighted by Gasteiger charge is -2.32. The van der Waals surface area contributed by atoms with Gasteiger partial charge in [0.15, 0.2) is 11.6 Å². The average Bonchev–Trinajstić information content (AvgIpc) is 2.30. The molecule has 0 radical (unpaired) electrons. The zero-order chi connectivity index (χ0) is 15.9. The van der Waals surface area contributed by atoms with Gasteiger partial charge in [-0.15, -0.1) is 0 Å². The van der Waals surface area contributed by atoms with E-state index in [2.05, 4.69) is 15.9 Å². The quantitative estimate of drug-likeness (QED) is 0.824. The van der Waals surface area contributed by atoms with Gasteiger partial charge in [-0.2, -0.15) is 0 Å². The predicted octanol–water partition coefficient (Wildman–Crippen LogP) is 2.58. The van der Waals surface area contributed by atoms with Gasteiger partial charge < -0.3 is 0 Å². The maximum Gasteiger partial charge on any atom is 0.335 e. The Morgan fingerprint density at radius 1 is 1.19 bits per heavy atom. The van der Waals surface area contributed by atoms with Gasteiger partial charge in [0, 0.05) is 4.47 Å². The van der Waals surface area contributed by atoms with Crippen molar-refractivity contribution in [1.29, 1.82) is 0 Å². The third kappa shape index (κ3) is 2.67. The summed E-state index contributed by atoms with van der Waals surface area (Å²) in [7, 11) is 0. The first-order chi connectivity index (χ1) is 9.73. The van der Waals surface area contributed by atoms with Gasteiger partial charge >= 0.3 is 6.03 Å². The van der Waals surface area contributed by atoms with Crippen LogP contribution in [0.3, 0.4) is 0 Å². The lowest BCUT2D eigenvalue weighted by molar-refractivity contribution is -0.136. The molecule has 0 aromatic heterocycles. The van der Waals surface area contributed by atoms with Crippen LogP contribution in [0.5, 0.6) is 0 Å². The number of benzene rings is 1. The van der Waals surface area contributed by atoms with Gasteiger partial charge in [0.1, 0.15) is 11.6 Å². The van der Waals surface area contributed by atoms with Crippen molar-refractivity contribution in [2.45, 2.75) is 13.8 Å². The van der Waals surface area contributed by atoms with Gasteiger partial charge in [0.2, 0.25) is 11.8 Å². The van der Waals surface area contributed by atoms with E-state index in [0.29, 0.717) is 4.90 Å². The Hall–Kier alpha value is -1.83. The topological polar surface area (TPSA) is 66.5 Å². The molecule has 1 fully saturated rings. The van der Waals surface area contributed by atoms with Crippen LogP contribution in [0.1, 0.15) is 13.8 Å². The maximum absolute atomic E-state index is 13.9. The van der Waals surface area contributed by atoms with Gasteiger partial charge in [0.25, 0.3) is 0 Å². The molecule has 1 aromatic carbocycles. The fourth-order valence-electron chi connectivity index (χ4n) is 2.14. The molecule has 5 nitrogen and oxygen atoms in total. The lowest BCUT2D eigenvalue weighted by atomic mass is 9.92. The van der Waals surface area contributed by atoms with E-state index < -0.39 is 47.0 Å². The molecule has 2 rings (SSSR count). The van der Waals surface area contributed by atoms with Crippen LogP contribution in [0.4, 0.5) is 19.3 Å². The zero-order valence-corrected chi connectivity index (χ0v) is 12.7. The van der Waals surface area contributed by atoms with Crippen LogP contribution in [0, 0.1) is 23.5 Å². The van der Waals surface area contributed by atoms with E-state index in [1.165, 1.54) is 0 Å². The number of anilines is 1. The molecule has 0 bridgehead atoms. The number of barbiturate groups is 1. The fourth-order valence-corrected chi connectivity index (χ4v) is 2.54. The minimum atomic E-state index is -1.18. The molecule has 1 N–H and O–H groups in total.